The summed E-state index contributed by atoms with van der Waals surface area (Å²) in [5.74, 6) is -0.435. The van der Waals surface area contributed by atoms with Crippen molar-refractivity contribution < 1.29 is 19.2 Å². The monoisotopic (exact) mass is 567 g/mol. The van der Waals surface area contributed by atoms with Crippen LogP contribution in [0.25, 0.3) is 6.08 Å². The summed E-state index contributed by atoms with van der Waals surface area (Å²) in [5, 5.41) is 10.9. The Bertz CT molecular complexity index is 1090. The number of carbonyl (C=O) groups is 2. The number of halogens is 2. The molecule has 1 saturated heterocycles. The minimum absolute atomic E-state index is 0.00283. The lowest BCUT2D eigenvalue weighted by Gasteiger charge is -2.31. The van der Waals surface area contributed by atoms with Crippen LogP contribution in [-0.2, 0) is 16.2 Å². The summed E-state index contributed by atoms with van der Waals surface area (Å²) in [6, 6.07) is 9.51. The van der Waals surface area contributed by atoms with Crippen molar-refractivity contribution in [3.05, 3.63) is 72.2 Å². The molecule has 31 heavy (non-hydrogen) atoms. The first-order valence-electron chi connectivity index (χ1n) is 8.77. The van der Waals surface area contributed by atoms with Gasteiger partial charge in [-0.2, -0.15) is 0 Å². The normalized spacial score (nSPS) is 14.2. The predicted molar refractivity (Wildman–Crippen MR) is 125 cm³/mol. The molecular formula is C20H15Br2N3O5S. The van der Waals surface area contributed by atoms with Crippen LogP contribution in [0.2, 0.25) is 0 Å². The van der Waals surface area contributed by atoms with Gasteiger partial charge in [-0.15, -0.1) is 0 Å². The average Bonchev–Trinajstić information content (AvgIpc) is 2.73. The molecular weight excluding hydrogens is 554 g/mol. The number of hydrogen-bond acceptors (Lipinski definition) is 6. The number of carbonyl (C=O) groups excluding carboxylic acids is 2. The molecule has 0 aliphatic carbocycles. The third-order valence-corrected chi connectivity index (χ3v) is 6.23. The number of non-ortho nitro benzene ring substituents is 1. The van der Waals surface area contributed by atoms with Crippen LogP contribution < -0.4 is 4.74 Å². The van der Waals surface area contributed by atoms with Crippen LogP contribution in [-0.4, -0.2) is 45.7 Å². The lowest BCUT2D eigenvalue weighted by molar-refractivity contribution is -0.384. The summed E-state index contributed by atoms with van der Waals surface area (Å²) in [6.07, 6.45) is 1.50. The highest BCUT2D eigenvalue weighted by Crippen LogP contribution is 2.36. The molecule has 1 aliphatic heterocycles. The highest BCUT2D eigenvalue weighted by atomic mass is 79.9. The van der Waals surface area contributed by atoms with Gasteiger partial charge in [-0.1, -0.05) is 0 Å². The van der Waals surface area contributed by atoms with Gasteiger partial charge in [0.25, 0.3) is 17.5 Å². The molecule has 0 aromatic heterocycles. The van der Waals surface area contributed by atoms with Crippen molar-refractivity contribution in [2.75, 3.05) is 14.1 Å². The number of benzene rings is 2. The highest BCUT2D eigenvalue weighted by molar-refractivity contribution is 9.11. The summed E-state index contributed by atoms with van der Waals surface area (Å²) >= 11 is 12.0. The fourth-order valence-corrected chi connectivity index (χ4v) is 4.43. The van der Waals surface area contributed by atoms with Gasteiger partial charge in [-0.3, -0.25) is 29.5 Å². The second-order valence-electron chi connectivity index (χ2n) is 6.59. The Balaban J connectivity index is 1.82. The number of hydrogen-bond donors (Lipinski definition) is 0. The van der Waals surface area contributed by atoms with Crippen molar-refractivity contribution in [2.24, 2.45) is 0 Å². The predicted octanol–water partition coefficient (Wildman–Crippen LogP) is 4.30. The van der Waals surface area contributed by atoms with Gasteiger partial charge in [0, 0.05) is 26.2 Å². The molecule has 1 aliphatic rings. The molecule has 1 heterocycles. The zero-order valence-electron chi connectivity index (χ0n) is 16.3. The van der Waals surface area contributed by atoms with E-state index in [9.17, 15) is 19.7 Å². The molecule has 11 heteroatoms. The van der Waals surface area contributed by atoms with E-state index in [1.165, 1.54) is 42.1 Å². The number of nitro groups is 1. The van der Waals surface area contributed by atoms with Gasteiger partial charge < -0.3 is 4.74 Å². The van der Waals surface area contributed by atoms with Gasteiger partial charge in [-0.25, -0.2) is 0 Å². The minimum atomic E-state index is -0.473. The Labute approximate surface area is 199 Å². The Hall–Kier alpha value is -2.63. The molecule has 8 nitrogen and oxygen atoms in total. The topological polar surface area (TPSA) is 93.0 Å². The second kappa shape index (κ2) is 9.25. The third-order valence-electron chi connectivity index (χ3n) is 4.51. The van der Waals surface area contributed by atoms with Crippen molar-refractivity contribution in [1.29, 1.82) is 0 Å². The lowest BCUT2D eigenvalue weighted by atomic mass is 10.1. The zero-order valence-corrected chi connectivity index (χ0v) is 20.3. The maximum Gasteiger partial charge on any atom is 0.269 e. The molecule has 160 valence electrons. The highest BCUT2D eigenvalue weighted by Gasteiger charge is 2.35. The van der Waals surface area contributed by atoms with Crippen molar-refractivity contribution in [1.82, 2.24) is 9.80 Å². The molecule has 0 N–H and O–H groups in total. The van der Waals surface area contributed by atoms with Crippen LogP contribution in [0, 0.1) is 10.1 Å². The third kappa shape index (κ3) is 4.83. The first-order valence-corrected chi connectivity index (χ1v) is 10.8. The van der Waals surface area contributed by atoms with E-state index in [-0.39, 0.29) is 23.0 Å². The van der Waals surface area contributed by atoms with E-state index >= 15 is 0 Å². The van der Waals surface area contributed by atoms with E-state index in [0.29, 0.717) is 20.3 Å². The van der Waals surface area contributed by atoms with Gasteiger partial charge in [0.05, 0.1) is 13.9 Å². The van der Waals surface area contributed by atoms with E-state index in [1.54, 1.807) is 24.3 Å². The smallest absolute Gasteiger partial charge is 0.269 e. The van der Waals surface area contributed by atoms with Gasteiger partial charge in [-0.05, 0) is 85.5 Å². The van der Waals surface area contributed by atoms with Crippen molar-refractivity contribution in [3.63, 3.8) is 0 Å². The fourth-order valence-electron chi connectivity index (χ4n) is 2.81. The van der Waals surface area contributed by atoms with Gasteiger partial charge in [0.2, 0.25) is 0 Å². The standard InChI is InChI=1S/C20H15Br2N3O5S/c1-23-18(26)14(19(27)24(2)20(23)31)7-12-8-15(21)17(16(22)9-12)30-10-11-3-5-13(6-4-11)25(28)29/h3-9H,10H2,1-2H3. The average molecular weight is 569 g/mol. The van der Waals surface area contributed by atoms with E-state index < -0.39 is 16.7 Å². The molecule has 0 radical (unpaired) electrons. The molecule has 0 saturated carbocycles. The lowest BCUT2D eigenvalue weighted by Crippen LogP contribution is -2.52. The maximum atomic E-state index is 12.5. The quantitative estimate of drug-likeness (QED) is 0.175. The van der Waals surface area contributed by atoms with Crippen molar-refractivity contribution >= 4 is 72.8 Å². The number of rotatable bonds is 5. The molecule has 2 aromatic rings. The van der Waals surface area contributed by atoms with E-state index in [0.717, 1.165) is 5.56 Å². The Morgan fingerprint density at radius 1 is 1.06 bits per heavy atom. The SMILES string of the molecule is CN1C(=O)C(=Cc2cc(Br)c(OCc3ccc([N+](=O)[O-])cc3)c(Br)c2)C(=O)N(C)C1=S. The number of nitrogens with zero attached hydrogens (tertiary/aromatic N) is 3. The van der Waals surface area contributed by atoms with Crippen LogP contribution in [0.15, 0.2) is 50.9 Å². The summed E-state index contributed by atoms with van der Waals surface area (Å²) in [7, 11) is 3.03. The number of amides is 2. The number of ether oxygens (including phenoxy) is 1. The minimum Gasteiger partial charge on any atom is -0.487 e. The first-order chi connectivity index (χ1) is 14.6. The Kier molecular flexibility index (Phi) is 6.87. The largest absolute Gasteiger partial charge is 0.487 e. The molecule has 0 bridgehead atoms. The van der Waals surface area contributed by atoms with E-state index in [4.69, 9.17) is 17.0 Å². The summed E-state index contributed by atoms with van der Waals surface area (Å²) in [6.45, 7) is 0.194. The van der Waals surface area contributed by atoms with Gasteiger partial charge >= 0.3 is 0 Å². The Morgan fingerprint density at radius 3 is 2.06 bits per heavy atom. The van der Waals surface area contributed by atoms with Crippen molar-refractivity contribution in [2.45, 2.75) is 6.61 Å². The number of thiocarbonyl (C=S) groups is 1. The van der Waals surface area contributed by atoms with E-state index in [1.807, 2.05) is 0 Å². The number of nitro benzene ring substituents is 1. The van der Waals surface area contributed by atoms with Crippen LogP contribution in [0.3, 0.4) is 0 Å². The molecule has 3 rings (SSSR count). The number of likely N-dealkylation sites (N-methyl/N-ethyl adjacent to an activating group) is 2. The second-order valence-corrected chi connectivity index (χ2v) is 8.67. The molecule has 0 spiro atoms. The Morgan fingerprint density at radius 2 is 1.58 bits per heavy atom. The van der Waals surface area contributed by atoms with Crippen LogP contribution >= 0.6 is 44.1 Å². The van der Waals surface area contributed by atoms with E-state index in [2.05, 4.69) is 31.9 Å². The van der Waals surface area contributed by atoms with Crippen LogP contribution in [0.1, 0.15) is 11.1 Å². The molecule has 0 unspecified atom stereocenters. The summed E-state index contributed by atoms with van der Waals surface area (Å²) in [5.41, 5.74) is 1.37. The molecule has 2 amide bonds. The van der Waals surface area contributed by atoms with Gasteiger partial charge in [0.15, 0.2) is 5.11 Å². The maximum absolute atomic E-state index is 12.5. The molecule has 0 atom stereocenters. The summed E-state index contributed by atoms with van der Waals surface area (Å²) in [4.78, 5) is 37.8. The van der Waals surface area contributed by atoms with Crippen LogP contribution in [0.5, 0.6) is 5.75 Å². The van der Waals surface area contributed by atoms with Gasteiger partial charge in [0.1, 0.15) is 17.9 Å². The zero-order chi connectivity index (χ0) is 22.9. The fraction of sp³-hybridized carbons (Fsp3) is 0.150. The van der Waals surface area contributed by atoms with Crippen molar-refractivity contribution in [3.8, 4) is 5.75 Å². The first kappa shape index (κ1) is 23.0. The molecule has 1 fully saturated rings. The molecule has 2 aromatic carbocycles. The van der Waals surface area contributed by atoms with Crippen LogP contribution in [0.4, 0.5) is 5.69 Å². The summed E-state index contributed by atoms with van der Waals surface area (Å²) < 4.78 is 7.04.